The number of para-hydroxylation sites is 5. The summed E-state index contributed by atoms with van der Waals surface area (Å²) in [6.45, 7) is 0. The summed E-state index contributed by atoms with van der Waals surface area (Å²) in [4.78, 5) is 2.62. The maximum absolute atomic E-state index is 2.59. The Balaban J connectivity index is 1.01. The summed E-state index contributed by atoms with van der Waals surface area (Å²) in [5, 5.41) is 9.01. The van der Waals surface area contributed by atoms with Crippen LogP contribution < -0.4 is 0 Å². The number of hydrogen-bond donors (Lipinski definition) is 0. The first-order chi connectivity index (χ1) is 31.3. The topological polar surface area (TPSA) is 14.8 Å². The second kappa shape index (κ2) is 12.3. The van der Waals surface area contributed by atoms with Gasteiger partial charge in [0.05, 0.1) is 38.7 Å². The van der Waals surface area contributed by atoms with Crippen molar-refractivity contribution in [2.45, 2.75) is 28.0 Å². The van der Waals surface area contributed by atoms with Gasteiger partial charge in [0.25, 0.3) is 0 Å². The van der Waals surface area contributed by atoms with Gasteiger partial charge >= 0.3 is 0 Å². The van der Waals surface area contributed by atoms with Crippen LogP contribution >= 0.6 is 11.8 Å². The largest absolute Gasteiger partial charge is 0.313 e. The third-order valence-corrected chi connectivity index (χ3v) is 15.7. The van der Waals surface area contributed by atoms with E-state index in [1.165, 1.54) is 126 Å². The zero-order valence-corrected chi connectivity index (χ0v) is 35.0. The Labute approximate surface area is 367 Å². The van der Waals surface area contributed by atoms with Gasteiger partial charge in [-0.25, -0.2) is 0 Å². The van der Waals surface area contributed by atoms with E-state index >= 15 is 0 Å². The number of fused-ring (bicyclic) bond motifs is 18. The van der Waals surface area contributed by atoms with Crippen LogP contribution in [0.3, 0.4) is 0 Å². The lowest BCUT2D eigenvalue weighted by Crippen LogP contribution is -2.37. The number of hydrogen-bond acceptors (Lipinski definition) is 1. The van der Waals surface area contributed by atoms with Gasteiger partial charge in [0, 0.05) is 59.4 Å². The Morgan fingerprint density at radius 1 is 0.397 bits per heavy atom. The number of nitrogens with zero attached hydrogens (tertiary/aromatic N) is 3. The normalized spacial score (nSPS) is 16.2. The second-order valence-corrected chi connectivity index (χ2v) is 18.6. The summed E-state index contributed by atoms with van der Waals surface area (Å²) in [6.07, 6.45) is 4.38. The van der Waals surface area contributed by atoms with Crippen LogP contribution in [0.25, 0.3) is 88.4 Å². The second-order valence-electron chi connectivity index (χ2n) is 17.5. The molecule has 4 heteroatoms. The third-order valence-electron chi connectivity index (χ3n) is 14.6. The Morgan fingerprint density at radius 2 is 1.05 bits per heavy atom. The van der Waals surface area contributed by atoms with Gasteiger partial charge in [-0.05, 0) is 107 Å². The number of rotatable bonds is 2. The minimum absolute atomic E-state index is 0.529. The van der Waals surface area contributed by atoms with Crippen LogP contribution in [-0.2, 0) is 11.8 Å². The molecule has 3 nitrogen and oxygen atoms in total. The van der Waals surface area contributed by atoms with E-state index in [2.05, 4.69) is 214 Å². The van der Waals surface area contributed by atoms with Gasteiger partial charge in [-0.3, -0.25) is 0 Å². The molecule has 0 saturated carbocycles. The Kier molecular flexibility index (Phi) is 6.66. The van der Waals surface area contributed by atoms with Crippen molar-refractivity contribution in [2.24, 2.45) is 0 Å². The average Bonchev–Trinajstić information content (AvgIpc) is 3.98. The smallest absolute Gasteiger partial charge is 0.0764 e. The summed E-state index contributed by atoms with van der Waals surface area (Å²) >= 11 is 1.93. The third kappa shape index (κ3) is 4.31. The van der Waals surface area contributed by atoms with Crippen LogP contribution in [0.1, 0.15) is 39.9 Å². The molecule has 9 aromatic carbocycles. The van der Waals surface area contributed by atoms with Crippen molar-refractivity contribution in [3.63, 3.8) is 0 Å². The van der Waals surface area contributed by atoms with Crippen molar-refractivity contribution in [3.05, 3.63) is 228 Å². The minimum Gasteiger partial charge on any atom is -0.313 e. The maximum atomic E-state index is 2.59. The highest BCUT2D eigenvalue weighted by Crippen LogP contribution is 2.61. The maximum Gasteiger partial charge on any atom is 0.0764 e. The van der Waals surface area contributed by atoms with Gasteiger partial charge in [0.2, 0.25) is 0 Å². The lowest BCUT2D eigenvalue weighted by Gasteiger charge is -2.45. The number of allylic oxidation sites excluding steroid dienone is 1. The quantitative estimate of drug-likeness (QED) is 0.170. The van der Waals surface area contributed by atoms with Crippen LogP contribution in [0, 0.1) is 0 Å². The molecule has 1 unspecified atom stereocenters. The molecule has 0 radical (unpaired) electrons. The summed E-state index contributed by atoms with van der Waals surface area (Å²) in [6, 6.07) is 73.1. The zero-order valence-electron chi connectivity index (χ0n) is 34.2. The first kappa shape index (κ1) is 34.1. The van der Waals surface area contributed by atoms with E-state index in [-0.39, 0.29) is 0 Å². The van der Waals surface area contributed by atoms with E-state index in [1.807, 2.05) is 11.8 Å². The molecule has 3 aliphatic rings. The van der Waals surface area contributed by atoms with Gasteiger partial charge in [-0.15, -0.1) is 0 Å². The molecule has 0 N–H and O–H groups in total. The molecule has 0 saturated heterocycles. The molecule has 2 aliphatic heterocycles. The van der Waals surface area contributed by atoms with Crippen molar-refractivity contribution in [2.75, 3.05) is 0 Å². The van der Waals surface area contributed by atoms with Crippen molar-refractivity contribution >= 4 is 88.8 Å². The molecule has 63 heavy (non-hydrogen) atoms. The van der Waals surface area contributed by atoms with Crippen molar-refractivity contribution in [3.8, 4) is 11.4 Å². The number of aromatic nitrogens is 3. The molecule has 3 aromatic heterocycles. The molecule has 5 heterocycles. The standard InChI is InChI=1S/C59H37N3S/c1-2-15-37-32-38(29-28-36(37)14-1)60-50-23-8-4-17-41(50)44-33-39(30-31-53(44)60)61-51-24-9-5-18-42(51)45-34-49-57(35-55(45)61)63-56-27-12-7-21-47(56)59(49)46-20-6-11-26-54(46)62-52-25-10-3-16-40(52)43-19-13-22-48(59)58(43)62/h1-29,32-35H,30-31H2. The van der Waals surface area contributed by atoms with Crippen molar-refractivity contribution < 1.29 is 0 Å². The molecule has 1 spiro atoms. The molecule has 0 amide bonds. The predicted molar refractivity (Wildman–Crippen MR) is 263 cm³/mol. The Morgan fingerprint density at radius 3 is 1.90 bits per heavy atom. The lowest BCUT2D eigenvalue weighted by molar-refractivity contribution is 0.691. The fraction of sp³-hybridized carbons (Fsp3) is 0.0508. The minimum atomic E-state index is -0.529. The molecule has 1 atom stereocenters. The van der Waals surface area contributed by atoms with Gasteiger partial charge in [-0.1, -0.05) is 151 Å². The SMILES string of the molecule is C1=C(n2c3ccccc3c3cc4c(cc32)Sc2ccccc2C42c3ccccc3-n3c4ccccc4c4cccc2c43)CCc2c1c1ccccc1n2-c1ccc2ccccc2c1. The van der Waals surface area contributed by atoms with E-state index in [0.717, 1.165) is 12.8 Å². The first-order valence-electron chi connectivity index (χ1n) is 22.1. The molecular formula is C59H37N3S. The highest BCUT2D eigenvalue weighted by atomic mass is 32.2. The van der Waals surface area contributed by atoms with Crippen molar-refractivity contribution in [1.82, 2.24) is 13.7 Å². The van der Waals surface area contributed by atoms with Crippen LogP contribution in [0.2, 0.25) is 0 Å². The molecule has 0 fully saturated rings. The van der Waals surface area contributed by atoms with Crippen LogP contribution in [0.15, 0.2) is 204 Å². The highest BCUT2D eigenvalue weighted by molar-refractivity contribution is 7.99. The molecule has 294 valence electrons. The van der Waals surface area contributed by atoms with Gasteiger partial charge < -0.3 is 13.7 Å². The highest BCUT2D eigenvalue weighted by Gasteiger charge is 2.49. The average molecular weight is 820 g/mol. The monoisotopic (exact) mass is 819 g/mol. The molecule has 12 aromatic rings. The Bertz CT molecular complexity index is 4020. The zero-order chi connectivity index (χ0) is 41.0. The fourth-order valence-electron chi connectivity index (χ4n) is 12.1. The molecule has 1 aliphatic carbocycles. The van der Waals surface area contributed by atoms with E-state index in [1.54, 1.807) is 0 Å². The van der Waals surface area contributed by atoms with Crippen molar-refractivity contribution in [1.29, 1.82) is 0 Å². The first-order valence-corrected chi connectivity index (χ1v) is 22.9. The van der Waals surface area contributed by atoms with Gasteiger partial charge in [0.15, 0.2) is 0 Å². The van der Waals surface area contributed by atoms with E-state index in [4.69, 9.17) is 0 Å². The fourth-order valence-corrected chi connectivity index (χ4v) is 13.3. The van der Waals surface area contributed by atoms with Crippen LogP contribution in [0.5, 0.6) is 0 Å². The summed E-state index contributed by atoms with van der Waals surface area (Å²) in [7, 11) is 0. The molecule has 15 rings (SSSR count). The molecular weight excluding hydrogens is 783 g/mol. The summed E-state index contributed by atoms with van der Waals surface area (Å²) < 4.78 is 7.65. The van der Waals surface area contributed by atoms with Crippen LogP contribution in [-0.4, -0.2) is 13.7 Å². The van der Waals surface area contributed by atoms with Gasteiger partial charge in [0.1, 0.15) is 0 Å². The van der Waals surface area contributed by atoms with Crippen LogP contribution in [0.4, 0.5) is 0 Å². The summed E-state index contributed by atoms with van der Waals surface area (Å²) in [5.41, 5.74) is 17.7. The van der Waals surface area contributed by atoms with Gasteiger partial charge in [-0.2, -0.15) is 0 Å². The summed E-state index contributed by atoms with van der Waals surface area (Å²) in [5.74, 6) is 0. The lowest BCUT2D eigenvalue weighted by atomic mass is 9.62. The molecule has 0 bridgehead atoms. The predicted octanol–water partition coefficient (Wildman–Crippen LogP) is 15.1. The van der Waals surface area contributed by atoms with E-state index < -0.39 is 5.41 Å². The number of benzene rings is 9. The van der Waals surface area contributed by atoms with E-state index in [9.17, 15) is 0 Å². The van der Waals surface area contributed by atoms with E-state index in [0.29, 0.717) is 0 Å². The Hall–Kier alpha value is -7.53.